The van der Waals surface area contributed by atoms with Crippen LogP contribution in [0.4, 0.5) is 0 Å². The largest absolute Gasteiger partial charge is 0.512 e. The fraction of sp³-hybridized carbons (Fsp3) is 0.273. The van der Waals surface area contributed by atoms with Crippen LogP contribution in [0.1, 0.15) is 23.1 Å². The maximum Gasteiger partial charge on any atom is 0.0932 e. The zero-order chi connectivity index (χ0) is 8.55. The predicted molar refractivity (Wildman–Crippen MR) is 50.1 cm³/mol. The lowest BCUT2D eigenvalue weighted by atomic mass is 9.95. The van der Waals surface area contributed by atoms with Crippen molar-refractivity contribution in [2.45, 2.75) is 19.8 Å². The van der Waals surface area contributed by atoms with Gasteiger partial charge >= 0.3 is 0 Å². The highest BCUT2D eigenvalue weighted by molar-refractivity contribution is 5.58. The molecule has 0 amide bonds. The lowest BCUT2D eigenvalue weighted by Gasteiger charge is -2.12. The third-order valence-electron chi connectivity index (χ3n) is 2.27. The molecule has 1 N–H and O–H groups in total. The maximum absolute atomic E-state index is 9.29. The van der Waals surface area contributed by atoms with Crippen molar-refractivity contribution in [1.82, 2.24) is 0 Å². The summed E-state index contributed by atoms with van der Waals surface area (Å²) < 4.78 is 0. The average molecular weight is 160 g/mol. The summed E-state index contributed by atoms with van der Waals surface area (Å²) in [5, 5.41) is 9.29. The number of allylic oxidation sites excluding steroid dienone is 1. The third-order valence-corrected chi connectivity index (χ3v) is 2.27. The van der Waals surface area contributed by atoms with E-state index in [-0.39, 0.29) is 0 Å². The zero-order valence-electron chi connectivity index (χ0n) is 7.17. The number of hydrogen-bond donors (Lipinski definition) is 1. The summed E-state index contributed by atoms with van der Waals surface area (Å²) in [7, 11) is 0. The molecule has 0 aromatic heterocycles. The molecule has 0 heterocycles. The summed E-state index contributed by atoms with van der Waals surface area (Å²) in [6.45, 7) is 2.10. The van der Waals surface area contributed by atoms with Crippen LogP contribution in [-0.4, -0.2) is 5.11 Å². The number of benzene rings is 1. The van der Waals surface area contributed by atoms with Crippen molar-refractivity contribution in [3.05, 3.63) is 40.6 Å². The maximum atomic E-state index is 9.29. The Morgan fingerprint density at radius 2 is 2.08 bits per heavy atom. The molecule has 1 aliphatic rings. The Kier molecular flexibility index (Phi) is 1.65. The second-order valence-electron chi connectivity index (χ2n) is 3.34. The van der Waals surface area contributed by atoms with Gasteiger partial charge in [0, 0.05) is 6.42 Å². The van der Waals surface area contributed by atoms with Crippen molar-refractivity contribution in [3.8, 4) is 0 Å². The third kappa shape index (κ3) is 1.22. The molecule has 0 bridgehead atoms. The lowest BCUT2D eigenvalue weighted by Crippen LogP contribution is -1.98. The van der Waals surface area contributed by atoms with Gasteiger partial charge in [0.25, 0.3) is 0 Å². The standard InChI is InChI=1S/C11H12O/c1-8-2-3-10-7-11(12)5-4-9(10)6-8/h2-3,6-7,12H,4-5H2,1H3. The Labute approximate surface area is 72.4 Å². The van der Waals surface area contributed by atoms with Crippen molar-refractivity contribution in [2.75, 3.05) is 0 Å². The van der Waals surface area contributed by atoms with Crippen LogP contribution in [0.25, 0.3) is 6.08 Å². The van der Waals surface area contributed by atoms with E-state index in [9.17, 15) is 5.11 Å². The molecule has 0 unspecified atom stereocenters. The smallest absolute Gasteiger partial charge is 0.0932 e. The normalized spacial score (nSPS) is 15.2. The number of aryl methyl sites for hydroxylation is 2. The minimum absolute atomic E-state index is 0.506. The van der Waals surface area contributed by atoms with Crippen molar-refractivity contribution in [2.24, 2.45) is 0 Å². The van der Waals surface area contributed by atoms with Gasteiger partial charge < -0.3 is 5.11 Å². The van der Waals surface area contributed by atoms with E-state index >= 15 is 0 Å². The van der Waals surface area contributed by atoms with Crippen LogP contribution in [0.5, 0.6) is 0 Å². The Bertz CT molecular complexity index is 337. The Hall–Kier alpha value is -1.24. The second-order valence-corrected chi connectivity index (χ2v) is 3.34. The topological polar surface area (TPSA) is 20.2 Å². The van der Waals surface area contributed by atoms with Gasteiger partial charge in [-0.25, -0.2) is 0 Å². The molecule has 12 heavy (non-hydrogen) atoms. The Balaban J connectivity index is 2.51. The second kappa shape index (κ2) is 2.67. The van der Waals surface area contributed by atoms with Crippen LogP contribution in [-0.2, 0) is 6.42 Å². The summed E-state index contributed by atoms with van der Waals surface area (Å²) in [4.78, 5) is 0. The fourth-order valence-corrected chi connectivity index (χ4v) is 1.61. The highest BCUT2D eigenvalue weighted by Crippen LogP contribution is 2.23. The van der Waals surface area contributed by atoms with E-state index in [0.717, 1.165) is 12.8 Å². The molecule has 1 aromatic rings. The molecule has 0 atom stereocenters. The van der Waals surface area contributed by atoms with Crippen LogP contribution < -0.4 is 0 Å². The minimum Gasteiger partial charge on any atom is -0.512 e. The molecular weight excluding hydrogens is 148 g/mol. The van der Waals surface area contributed by atoms with Gasteiger partial charge in [-0.3, -0.25) is 0 Å². The van der Waals surface area contributed by atoms with E-state index in [4.69, 9.17) is 0 Å². The minimum atomic E-state index is 0.506. The van der Waals surface area contributed by atoms with Crippen LogP contribution >= 0.6 is 0 Å². The fourth-order valence-electron chi connectivity index (χ4n) is 1.61. The van der Waals surface area contributed by atoms with E-state index in [1.807, 2.05) is 6.08 Å². The summed E-state index contributed by atoms with van der Waals surface area (Å²) in [5.74, 6) is 0.506. The highest BCUT2D eigenvalue weighted by Gasteiger charge is 2.08. The van der Waals surface area contributed by atoms with Crippen molar-refractivity contribution < 1.29 is 5.11 Å². The number of aliphatic hydroxyl groups excluding tert-OH is 1. The molecule has 0 saturated carbocycles. The van der Waals surface area contributed by atoms with Gasteiger partial charge in [0.15, 0.2) is 0 Å². The molecule has 62 valence electrons. The number of aliphatic hydroxyl groups is 1. The van der Waals surface area contributed by atoms with E-state index in [1.54, 1.807) is 0 Å². The first-order chi connectivity index (χ1) is 5.75. The summed E-state index contributed by atoms with van der Waals surface area (Å²) in [6, 6.07) is 6.34. The molecule has 0 aliphatic heterocycles. The number of fused-ring (bicyclic) bond motifs is 1. The molecule has 0 spiro atoms. The van der Waals surface area contributed by atoms with Gasteiger partial charge in [0.1, 0.15) is 0 Å². The number of rotatable bonds is 0. The SMILES string of the molecule is Cc1ccc2c(c1)CCC(O)=C2. The monoisotopic (exact) mass is 160 g/mol. The summed E-state index contributed by atoms with van der Waals surface area (Å²) in [5.41, 5.74) is 3.82. The van der Waals surface area contributed by atoms with E-state index < -0.39 is 0 Å². The molecule has 0 fully saturated rings. The van der Waals surface area contributed by atoms with Crippen LogP contribution in [0.15, 0.2) is 24.0 Å². The first kappa shape index (κ1) is 7.41. The molecule has 0 radical (unpaired) electrons. The first-order valence-corrected chi connectivity index (χ1v) is 4.25. The molecule has 1 nitrogen and oxygen atoms in total. The van der Waals surface area contributed by atoms with Gasteiger partial charge in [-0.1, -0.05) is 23.8 Å². The Morgan fingerprint density at radius 1 is 1.25 bits per heavy atom. The highest BCUT2D eigenvalue weighted by atomic mass is 16.3. The van der Waals surface area contributed by atoms with Gasteiger partial charge in [-0.15, -0.1) is 0 Å². The van der Waals surface area contributed by atoms with Crippen LogP contribution in [0.2, 0.25) is 0 Å². The molecule has 0 saturated heterocycles. The van der Waals surface area contributed by atoms with Crippen molar-refractivity contribution in [1.29, 1.82) is 0 Å². The van der Waals surface area contributed by atoms with Gasteiger partial charge in [0.05, 0.1) is 5.76 Å². The predicted octanol–water partition coefficient (Wildman–Crippen LogP) is 2.84. The molecule has 1 aromatic carbocycles. The van der Waals surface area contributed by atoms with Crippen molar-refractivity contribution in [3.63, 3.8) is 0 Å². The summed E-state index contributed by atoms with van der Waals surface area (Å²) in [6.07, 6.45) is 3.62. The molecule has 1 heteroatoms. The van der Waals surface area contributed by atoms with E-state index in [2.05, 4.69) is 25.1 Å². The Morgan fingerprint density at radius 3 is 2.92 bits per heavy atom. The van der Waals surface area contributed by atoms with E-state index in [0.29, 0.717) is 5.76 Å². The van der Waals surface area contributed by atoms with Crippen LogP contribution in [0, 0.1) is 6.92 Å². The number of hydrogen-bond acceptors (Lipinski definition) is 1. The molecular formula is C11H12O. The zero-order valence-corrected chi connectivity index (χ0v) is 7.17. The quantitative estimate of drug-likeness (QED) is 0.618. The molecule has 1 aliphatic carbocycles. The lowest BCUT2D eigenvalue weighted by molar-refractivity contribution is 0.391. The first-order valence-electron chi connectivity index (χ1n) is 4.25. The van der Waals surface area contributed by atoms with Gasteiger partial charge in [0.2, 0.25) is 0 Å². The van der Waals surface area contributed by atoms with Crippen molar-refractivity contribution >= 4 is 6.08 Å². The summed E-state index contributed by atoms with van der Waals surface area (Å²) >= 11 is 0. The molecule has 2 rings (SSSR count). The van der Waals surface area contributed by atoms with Gasteiger partial charge in [-0.2, -0.15) is 0 Å². The van der Waals surface area contributed by atoms with E-state index in [1.165, 1.54) is 16.7 Å². The van der Waals surface area contributed by atoms with Crippen LogP contribution in [0.3, 0.4) is 0 Å². The van der Waals surface area contributed by atoms with Gasteiger partial charge in [-0.05, 0) is 30.5 Å². The average Bonchev–Trinajstić information content (AvgIpc) is 2.05.